The van der Waals surface area contributed by atoms with Gasteiger partial charge >= 0.3 is 6.18 Å². The topological polar surface area (TPSA) is 56.0 Å². The van der Waals surface area contributed by atoms with E-state index in [0.29, 0.717) is 0 Å². The summed E-state index contributed by atoms with van der Waals surface area (Å²) in [5, 5.41) is 20.5. The minimum absolute atomic E-state index is 0.0968. The highest BCUT2D eigenvalue weighted by Gasteiger charge is 2.31. The lowest BCUT2D eigenvalue weighted by atomic mass is 10.1. The fourth-order valence-electron chi connectivity index (χ4n) is 1.22. The van der Waals surface area contributed by atoms with Crippen LogP contribution in [-0.2, 0) is 6.18 Å². The number of nitrogens with one attached hydrogen (secondary N) is 1. The maximum absolute atomic E-state index is 12.4. The Labute approximate surface area is 96.5 Å². The smallest absolute Gasteiger partial charge is 0.392 e. The first-order valence-corrected chi connectivity index (χ1v) is 4.88. The number of hydrogen-bond acceptors (Lipinski definition) is 3. The van der Waals surface area contributed by atoms with Crippen LogP contribution in [0.5, 0.6) is 0 Å². The number of benzene rings is 1. The lowest BCUT2D eigenvalue weighted by Gasteiger charge is -2.12. The molecule has 0 amide bonds. The number of nitriles is 1. The molecule has 3 nitrogen and oxygen atoms in total. The van der Waals surface area contributed by atoms with Crippen molar-refractivity contribution in [3.05, 3.63) is 29.3 Å². The van der Waals surface area contributed by atoms with E-state index in [-0.39, 0.29) is 17.8 Å². The molecule has 0 aromatic heterocycles. The third kappa shape index (κ3) is 3.64. The summed E-state index contributed by atoms with van der Waals surface area (Å²) in [7, 11) is 0. The number of halogens is 3. The molecule has 0 bridgehead atoms. The van der Waals surface area contributed by atoms with E-state index in [0.717, 1.165) is 12.1 Å². The second kappa shape index (κ2) is 5.06. The molecular formula is C11H11F3N2O. The number of aliphatic hydroxyl groups excluding tert-OH is 1. The minimum Gasteiger partial charge on any atom is -0.392 e. The molecular weight excluding hydrogens is 233 g/mol. The van der Waals surface area contributed by atoms with Crippen molar-refractivity contribution in [1.29, 1.82) is 5.26 Å². The Bertz CT molecular complexity index is 435. The molecule has 0 saturated carbocycles. The molecule has 0 unspecified atom stereocenters. The molecule has 17 heavy (non-hydrogen) atoms. The van der Waals surface area contributed by atoms with Crippen LogP contribution in [0, 0.1) is 11.3 Å². The van der Waals surface area contributed by atoms with Crippen molar-refractivity contribution in [3.8, 4) is 6.07 Å². The quantitative estimate of drug-likeness (QED) is 0.858. The number of anilines is 1. The van der Waals surface area contributed by atoms with Crippen LogP contribution in [0.3, 0.4) is 0 Å². The van der Waals surface area contributed by atoms with Gasteiger partial charge in [-0.1, -0.05) is 0 Å². The maximum atomic E-state index is 12.4. The number of alkyl halides is 3. The molecule has 0 aliphatic rings. The molecule has 0 aliphatic carbocycles. The molecule has 6 heteroatoms. The van der Waals surface area contributed by atoms with Crippen LogP contribution in [0.4, 0.5) is 18.9 Å². The standard InChI is InChI=1S/C11H11F3N2O/c1-7(17)6-16-10-3-2-9(11(12,13)14)4-8(10)5-15/h2-4,7,16-17H,6H2,1H3/t7-/m1/s1. The number of rotatable bonds is 3. The first-order valence-electron chi connectivity index (χ1n) is 4.88. The summed E-state index contributed by atoms with van der Waals surface area (Å²) in [5.74, 6) is 0. The molecule has 1 aromatic rings. The Kier molecular flexibility index (Phi) is 3.97. The average molecular weight is 244 g/mol. The molecule has 1 rings (SSSR count). The molecule has 92 valence electrons. The second-order valence-corrected chi connectivity index (χ2v) is 3.60. The van der Waals surface area contributed by atoms with E-state index in [9.17, 15) is 13.2 Å². The lowest BCUT2D eigenvalue weighted by molar-refractivity contribution is -0.137. The van der Waals surface area contributed by atoms with Crippen LogP contribution in [0.15, 0.2) is 18.2 Å². The number of aliphatic hydroxyl groups is 1. The van der Waals surface area contributed by atoms with Gasteiger partial charge in [0.05, 0.1) is 22.9 Å². The van der Waals surface area contributed by atoms with E-state index in [1.807, 2.05) is 0 Å². The van der Waals surface area contributed by atoms with E-state index in [4.69, 9.17) is 10.4 Å². The van der Waals surface area contributed by atoms with Gasteiger partial charge in [0.15, 0.2) is 0 Å². The summed E-state index contributed by atoms with van der Waals surface area (Å²) >= 11 is 0. The van der Waals surface area contributed by atoms with Crippen molar-refractivity contribution >= 4 is 5.69 Å². The van der Waals surface area contributed by atoms with Crippen LogP contribution in [-0.4, -0.2) is 17.8 Å². The minimum atomic E-state index is -4.46. The van der Waals surface area contributed by atoms with Crippen LogP contribution in [0.25, 0.3) is 0 Å². The largest absolute Gasteiger partial charge is 0.416 e. The lowest BCUT2D eigenvalue weighted by Crippen LogP contribution is -2.16. The summed E-state index contributed by atoms with van der Waals surface area (Å²) in [5.41, 5.74) is -0.682. The van der Waals surface area contributed by atoms with Crippen molar-refractivity contribution in [3.63, 3.8) is 0 Å². The Balaban J connectivity index is 2.99. The third-order valence-corrected chi connectivity index (χ3v) is 2.06. The summed E-state index contributed by atoms with van der Waals surface area (Å²) < 4.78 is 37.1. The zero-order valence-electron chi connectivity index (χ0n) is 9.04. The van der Waals surface area contributed by atoms with Crippen molar-refractivity contribution in [2.75, 3.05) is 11.9 Å². The van der Waals surface area contributed by atoms with Gasteiger partial charge in [-0.15, -0.1) is 0 Å². The maximum Gasteiger partial charge on any atom is 0.416 e. The molecule has 0 radical (unpaired) electrons. The highest BCUT2D eigenvalue weighted by molar-refractivity contribution is 5.59. The van der Waals surface area contributed by atoms with E-state index in [1.165, 1.54) is 13.0 Å². The van der Waals surface area contributed by atoms with Crippen molar-refractivity contribution in [2.24, 2.45) is 0 Å². The predicted octanol–water partition coefficient (Wildman–Crippen LogP) is 2.37. The van der Waals surface area contributed by atoms with Gasteiger partial charge in [-0.25, -0.2) is 0 Å². The summed E-state index contributed by atoms with van der Waals surface area (Å²) in [4.78, 5) is 0. The Morgan fingerprint density at radius 2 is 2.12 bits per heavy atom. The van der Waals surface area contributed by atoms with Gasteiger partial charge in [-0.3, -0.25) is 0 Å². The normalized spacial score (nSPS) is 12.9. The van der Waals surface area contributed by atoms with E-state index in [2.05, 4.69) is 5.32 Å². The molecule has 0 saturated heterocycles. The monoisotopic (exact) mass is 244 g/mol. The molecule has 0 aliphatic heterocycles. The van der Waals surface area contributed by atoms with Gasteiger partial charge in [0, 0.05) is 6.54 Å². The Morgan fingerprint density at radius 1 is 1.47 bits per heavy atom. The second-order valence-electron chi connectivity index (χ2n) is 3.60. The van der Waals surface area contributed by atoms with E-state index < -0.39 is 17.8 Å². The van der Waals surface area contributed by atoms with Gasteiger partial charge in [0.2, 0.25) is 0 Å². The van der Waals surface area contributed by atoms with E-state index >= 15 is 0 Å². The summed E-state index contributed by atoms with van der Waals surface area (Å²) in [6.07, 6.45) is -5.11. The first-order chi connectivity index (χ1) is 7.84. The average Bonchev–Trinajstić information content (AvgIpc) is 2.24. The van der Waals surface area contributed by atoms with Crippen molar-refractivity contribution in [2.45, 2.75) is 19.2 Å². The Morgan fingerprint density at radius 3 is 2.59 bits per heavy atom. The highest BCUT2D eigenvalue weighted by atomic mass is 19.4. The fraction of sp³-hybridized carbons (Fsp3) is 0.364. The summed E-state index contributed by atoms with van der Waals surface area (Å²) in [6.45, 7) is 1.70. The van der Waals surface area contributed by atoms with Gasteiger partial charge in [-0.2, -0.15) is 18.4 Å². The first kappa shape index (κ1) is 13.3. The number of hydrogen-bond donors (Lipinski definition) is 2. The van der Waals surface area contributed by atoms with Crippen LogP contribution < -0.4 is 5.32 Å². The van der Waals surface area contributed by atoms with Gasteiger partial charge < -0.3 is 10.4 Å². The fourth-order valence-corrected chi connectivity index (χ4v) is 1.22. The highest BCUT2D eigenvalue weighted by Crippen LogP contribution is 2.31. The molecule has 1 aromatic carbocycles. The molecule has 0 spiro atoms. The van der Waals surface area contributed by atoms with Gasteiger partial charge in [-0.05, 0) is 25.1 Å². The van der Waals surface area contributed by atoms with Crippen LogP contribution >= 0.6 is 0 Å². The van der Waals surface area contributed by atoms with Crippen molar-refractivity contribution < 1.29 is 18.3 Å². The summed E-state index contributed by atoms with van der Waals surface area (Å²) in [6, 6.07) is 4.55. The van der Waals surface area contributed by atoms with Gasteiger partial charge in [0.25, 0.3) is 0 Å². The molecule has 1 atom stereocenters. The van der Waals surface area contributed by atoms with Crippen molar-refractivity contribution in [1.82, 2.24) is 0 Å². The molecule has 2 N–H and O–H groups in total. The van der Waals surface area contributed by atoms with Crippen LogP contribution in [0.1, 0.15) is 18.1 Å². The predicted molar refractivity (Wildman–Crippen MR) is 56.3 cm³/mol. The molecule has 0 fully saturated rings. The SMILES string of the molecule is C[C@@H](O)CNc1ccc(C(F)(F)F)cc1C#N. The molecule has 0 heterocycles. The number of nitrogens with zero attached hydrogens (tertiary/aromatic N) is 1. The third-order valence-electron chi connectivity index (χ3n) is 2.06. The zero-order valence-corrected chi connectivity index (χ0v) is 9.04. The van der Waals surface area contributed by atoms with Crippen LogP contribution in [0.2, 0.25) is 0 Å². The van der Waals surface area contributed by atoms with E-state index in [1.54, 1.807) is 6.07 Å². The zero-order chi connectivity index (χ0) is 13.1. The Hall–Kier alpha value is -1.74. The van der Waals surface area contributed by atoms with Gasteiger partial charge in [0.1, 0.15) is 6.07 Å².